The molecule has 0 bridgehead atoms. The largest absolute Gasteiger partial charge is 0.481 e. The number of nitrogens with zero attached hydrogens (tertiary/aromatic N) is 3. The van der Waals surface area contributed by atoms with E-state index >= 15 is 0 Å². The summed E-state index contributed by atoms with van der Waals surface area (Å²) in [6.07, 6.45) is -0.0780. The molecule has 21 heavy (non-hydrogen) atoms. The van der Waals surface area contributed by atoms with Gasteiger partial charge in [0.05, 0.1) is 25.7 Å². The zero-order chi connectivity index (χ0) is 16.0. The van der Waals surface area contributed by atoms with Crippen molar-refractivity contribution in [3.8, 4) is 0 Å². The number of urea groups is 1. The van der Waals surface area contributed by atoms with Gasteiger partial charge in [-0.05, 0) is 27.9 Å². The van der Waals surface area contributed by atoms with E-state index in [-0.39, 0.29) is 31.1 Å². The van der Waals surface area contributed by atoms with Crippen LogP contribution in [0.2, 0.25) is 0 Å². The number of likely N-dealkylation sites (N-methyl/N-ethyl adjacent to an activating group) is 2. The van der Waals surface area contributed by atoms with Crippen molar-refractivity contribution in [2.24, 2.45) is 0 Å². The summed E-state index contributed by atoms with van der Waals surface area (Å²) >= 11 is 0. The van der Waals surface area contributed by atoms with Crippen LogP contribution in [0.25, 0.3) is 0 Å². The SMILES string of the molecule is CCN(C(=O)N1CCOCC1CC(=O)O)C(C)CN(C)C. The van der Waals surface area contributed by atoms with Gasteiger partial charge in [0.1, 0.15) is 0 Å². The molecule has 1 N–H and O–H groups in total. The highest BCUT2D eigenvalue weighted by molar-refractivity contribution is 5.76. The Balaban J connectivity index is 2.77. The first kappa shape index (κ1) is 17.7. The molecule has 2 unspecified atom stereocenters. The van der Waals surface area contributed by atoms with Crippen LogP contribution in [0.4, 0.5) is 4.79 Å². The van der Waals surface area contributed by atoms with Crippen molar-refractivity contribution in [1.29, 1.82) is 0 Å². The molecular formula is C14H27N3O4. The number of aliphatic carboxylic acids is 1. The van der Waals surface area contributed by atoms with Gasteiger partial charge in [-0.15, -0.1) is 0 Å². The van der Waals surface area contributed by atoms with E-state index in [2.05, 4.69) is 0 Å². The first-order valence-corrected chi connectivity index (χ1v) is 7.38. The van der Waals surface area contributed by atoms with Crippen LogP contribution in [0.5, 0.6) is 0 Å². The quantitative estimate of drug-likeness (QED) is 0.776. The van der Waals surface area contributed by atoms with Crippen molar-refractivity contribution in [2.75, 3.05) is 46.9 Å². The van der Waals surface area contributed by atoms with Crippen molar-refractivity contribution < 1.29 is 19.4 Å². The molecule has 1 aliphatic rings. The number of carboxylic acid groups (broad SMARTS) is 1. The maximum absolute atomic E-state index is 12.7. The summed E-state index contributed by atoms with van der Waals surface area (Å²) in [5.74, 6) is -0.910. The summed E-state index contributed by atoms with van der Waals surface area (Å²) in [5.41, 5.74) is 0. The van der Waals surface area contributed by atoms with E-state index in [4.69, 9.17) is 9.84 Å². The van der Waals surface area contributed by atoms with E-state index in [1.54, 1.807) is 9.80 Å². The fourth-order valence-electron chi connectivity index (χ4n) is 2.70. The normalized spacial score (nSPS) is 20.4. The number of amides is 2. The summed E-state index contributed by atoms with van der Waals surface area (Å²) in [4.78, 5) is 29.1. The lowest BCUT2D eigenvalue weighted by Crippen LogP contribution is -2.57. The molecule has 7 nitrogen and oxygen atoms in total. The molecule has 2 amide bonds. The lowest BCUT2D eigenvalue weighted by atomic mass is 10.1. The number of hydrogen-bond donors (Lipinski definition) is 1. The Morgan fingerprint density at radius 2 is 2.10 bits per heavy atom. The molecule has 1 fully saturated rings. The number of morpholine rings is 1. The Kier molecular flexibility index (Phi) is 6.91. The molecule has 0 saturated carbocycles. The maximum atomic E-state index is 12.7. The minimum atomic E-state index is -0.910. The molecular weight excluding hydrogens is 274 g/mol. The smallest absolute Gasteiger partial charge is 0.320 e. The predicted molar refractivity (Wildman–Crippen MR) is 79.4 cm³/mol. The monoisotopic (exact) mass is 301 g/mol. The van der Waals surface area contributed by atoms with Gasteiger partial charge in [-0.3, -0.25) is 4.79 Å². The minimum Gasteiger partial charge on any atom is -0.481 e. The van der Waals surface area contributed by atoms with E-state index in [0.29, 0.717) is 19.7 Å². The van der Waals surface area contributed by atoms with Crippen molar-refractivity contribution in [1.82, 2.24) is 14.7 Å². The summed E-state index contributed by atoms with van der Waals surface area (Å²) < 4.78 is 5.32. The van der Waals surface area contributed by atoms with Crippen molar-refractivity contribution in [3.63, 3.8) is 0 Å². The second kappa shape index (κ2) is 8.19. The van der Waals surface area contributed by atoms with Crippen LogP contribution < -0.4 is 0 Å². The Labute approximate surface area is 126 Å². The van der Waals surface area contributed by atoms with Gasteiger partial charge >= 0.3 is 12.0 Å². The van der Waals surface area contributed by atoms with Crippen LogP contribution in [-0.4, -0.2) is 90.8 Å². The van der Waals surface area contributed by atoms with Crippen LogP contribution in [-0.2, 0) is 9.53 Å². The average molecular weight is 301 g/mol. The van der Waals surface area contributed by atoms with Crippen molar-refractivity contribution in [3.05, 3.63) is 0 Å². The zero-order valence-corrected chi connectivity index (χ0v) is 13.4. The maximum Gasteiger partial charge on any atom is 0.320 e. The second-order valence-corrected chi connectivity index (χ2v) is 5.70. The average Bonchev–Trinajstić information content (AvgIpc) is 2.38. The van der Waals surface area contributed by atoms with Gasteiger partial charge in [0.25, 0.3) is 0 Å². The number of carbonyl (C=O) groups is 2. The highest BCUT2D eigenvalue weighted by Gasteiger charge is 2.33. The molecule has 0 aliphatic carbocycles. The standard InChI is InChI=1S/C14H27N3O4/c1-5-16(11(2)9-15(3)4)14(20)17-6-7-21-10-12(17)8-13(18)19/h11-12H,5-10H2,1-4H3,(H,18,19). The summed E-state index contributed by atoms with van der Waals surface area (Å²) in [5, 5.41) is 8.98. The van der Waals surface area contributed by atoms with Gasteiger partial charge < -0.3 is 24.5 Å². The van der Waals surface area contributed by atoms with Gasteiger partial charge in [-0.25, -0.2) is 4.79 Å². The van der Waals surface area contributed by atoms with E-state index in [1.807, 2.05) is 32.8 Å². The van der Waals surface area contributed by atoms with Crippen LogP contribution in [0, 0.1) is 0 Å². The van der Waals surface area contributed by atoms with Gasteiger partial charge in [0.2, 0.25) is 0 Å². The van der Waals surface area contributed by atoms with Gasteiger partial charge in [0, 0.05) is 25.7 Å². The molecule has 1 saturated heterocycles. The molecule has 1 heterocycles. The topological polar surface area (TPSA) is 73.3 Å². The fraction of sp³-hybridized carbons (Fsp3) is 0.857. The highest BCUT2D eigenvalue weighted by atomic mass is 16.5. The van der Waals surface area contributed by atoms with E-state index in [9.17, 15) is 9.59 Å². The number of hydrogen-bond acceptors (Lipinski definition) is 4. The number of carbonyl (C=O) groups excluding carboxylic acids is 1. The minimum absolute atomic E-state index is 0.0748. The van der Waals surface area contributed by atoms with E-state index in [0.717, 1.165) is 6.54 Å². The molecule has 0 aromatic rings. The Morgan fingerprint density at radius 3 is 2.62 bits per heavy atom. The third-order valence-corrected chi connectivity index (χ3v) is 3.63. The number of carboxylic acids is 1. The van der Waals surface area contributed by atoms with Crippen LogP contribution in [0.15, 0.2) is 0 Å². The molecule has 122 valence electrons. The molecule has 0 aromatic carbocycles. The van der Waals surface area contributed by atoms with Crippen molar-refractivity contribution >= 4 is 12.0 Å². The molecule has 1 rings (SSSR count). The third-order valence-electron chi connectivity index (χ3n) is 3.63. The number of ether oxygens (including phenoxy) is 1. The molecule has 1 aliphatic heterocycles. The van der Waals surface area contributed by atoms with Crippen LogP contribution in [0.3, 0.4) is 0 Å². The summed E-state index contributed by atoms with van der Waals surface area (Å²) in [6, 6.07) is -0.406. The summed E-state index contributed by atoms with van der Waals surface area (Å²) in [6.45, 7) is 6.52. The van der Waals surface area contributed by atoms with E-state index in [1.165, 1.54) is 0 Å². The predicted octanol–water partition coefficient (Wildman–Crippen LogP) is 0.554. The Bertz CT molecular complexity index is 362. The second-order valence-electron chi connectivity index (χ2n) is 5.70. The number of rotatable bonds is 6. The highest BCUT2D eigenvalue weighted by Crippen LogP contribution is 2.15. The van der Waals surface area contributed by atoms with Gasteiger partial charge in [0.15, 0.2) is 0 Å². The zero-order valence-electron chi connectivity index (χ0n) is 13.4. The Morgan fingerprint density at radius 1 is 1.43 bits per heavy atom. The summed E-state index contributed by atoms with van der Waals surface area (Å²) in [7, 11) is 3.94. The first-order chi connectivity index (χ1) is 9.86. The fourth-order valence-corrected chi connectivity index (χ4v) is 2.70. The molecule has 7 heteroatoms. The lowest BCUT2D eigenvalue weighted by molar-refractivity contribution is -0.139. The van der Waals surface area contributed by atoms with Crippen LogP contribution in [0.1, 0.15) is 20.3 Å². The first-order valence-electron chi connectivity index (χ1n) is 7.38. The van der Waals surface area contributed by atoms with Crippen molar-refractivity contribution in [2.45, 2.75) is 32.4 Å². The molecule has 0 spiro atoms. The van der Waals surface area contributed by atoms with Gasteiger partial charge in [-0.2, -0.15) is 0 Å². The third kappa shape index (κ3) is 5.17. The van der Waals surface area contributed by atoms with Gasteiger partial charge in [-0.1, -0.05) is 0 Å². The lowest BCUT2D eigenvalue weighted by Gasteiger charge is -2.40. The molecule has 0 aromatic heterocycles. The Hall–Kier alpha value is -1.34. The molecule has 0 radical (unpaired) electrons. The van der Waals surface area contributed by atoms with Crippen LogP contribution >= 0.6 is 0 Å². The van der Waals surface area contributed by atoms with E-state index < -0.39 is 5.97 Å². The molecule has 2 atom stereocenters.